The summed E-state index contributed by atoms with van der Waals surface area (Å²) >= 11 is 0. The van der Waals surface area contributed by atoms with Crippen molar-refractivity contribution in [3.8, 4) is 0 Å². The lowest BCUT2D eigenvalue weighted by Gasteiger charge is -2.09. The summed E-state index contributed by atoms with van der Waals surface area (Å²) in [6.45, 7) is 7.55. The highest BCUT2D eigenvalue weighted by molar-refractivity contribution is 6.11. The summed E-state index contributed by atoms with van der Waals surface area (Å²) in [5.74, 6) is -0.241. The zero-order valence-corrected chi connectivity index (χ0v) is 15.9. The van der Waals surface area contributed by atoms with Crippen LogP contribution in [0.25, 0.3) is 10.9 Å². The molecule has 0 aliphatic carbocycles. The van der Waals surface area contributed by atoms with Crippen LogP contribution in [-0.2, 0) is 16.1 Å². The monoisotopic (exact) mass is 367 g/mol. The Labute approximate surface area is 158 Å². The van der Waals surface area contributed by atoms with Gasteiger partial charge in [0.2, 0.25) is 0 Å². The number of carbonyl (C=O) groups is 1. The number of carbonyl (C=O) groups excluding carboxylic acids is 1. The molecule has 1 aromatic heterocycles. The number of nitrogens with one attached hydrogen (secondary N) is 2. The Bertz CT molecular complexity index is 918. The van der Waals surface area contributed by atoms with Gasteiger partial charge < -0.3 is 14.8 Å². The van der Waals surface area contributed by atoms with E-state index >= 15 is 0 Å². The first-order valence-electron chi connectivity index (χ1n) is 9.07. The molecule has 2 aromatic carbocycles. The molecular formula is C21H25N3O3. The number of aryl methyl sites for hydroxylation is 1. The first-order valence-corrected chi connectivity index (χ1v) is 9.07. The number of rotatable bonds is 8. The molecule has 0 fully saturated rings. The van der Waals surface area contributed by atoms with E-state index in [2.05, 4.69) is 15.5 Å². The summed E-state index contributed by atoms with van der Waals surface area (Å²) in [4.78, 5) is 12.6. The number of H-pyrrole nitrogens is 1. The fourth-order valence-electron chi connectivity index (χ4n) is 2.76. The van der Waals surface area contributed by atoms with Crippen molar-refractivity contribution in [3.05, 3.63) is 59.3 Å². The van der Waals surface area contributed by atoms with Crippen molar-refractivity contribution in [2.45, 2.75) is 33.5 Å². The predicted octanol–water partition coefficient (Wildman–Crippen LogP) is 4.07. The largest absolute Gasteiger partial charge is 0.376 e. The maximum atomic E-state index is 12.6. The molecule has 0 saturated heterocycles. The molecule has 0 spiro atoms. The number of anilines is 1. The van der Waals surface area contributed by atoms with Gasteiger partial charge in [-0.3, -0.25) is 9.89 Å². The number of benzene rings is 2. The molecule has 0 aliphatic heterocycles. The molecule has 0 atom stereocenters. The lowest BCUT2D eigenvalue weighted by molar-refractivity contribution is 0.0143. The van der Waals surface area contributed by atoms with E-state index < -0.39 is 0 Å². The first kappa shape index (κ1) is 19.1. The molecule has 1 heterocycles. The van der Waals surface area contributed by atoms with Gasteiger partial charge >= 0.3 is 0 Å². The van der Waals surface area contributed by atoms with E-state index in [1.165, 1.54) is 0 Å². The van der Waals surface area contributed by atoms with Crippen molar-refractivity contribution in [1.82, 2.24) is 10.2 Å². The molecule has 6 nitrogen and oxygen atoms in total. The molecule has 0 aliphatic rings. The first-order chi connectivity index (χ1) is 13.0. The molecule has 0 bridgehead atoms. The summed E-state index contributed by atoms with van der Waals surface area (Å²) < 4.78 is 11.1. The van der Waals surface area contributed by atoms with Crippen LogP contribution in [0.1, 0.15) is 35.5 Å². The Kier molecular flexibility index (Phi) is 6.21. The fraction of sp³-hybridized carbons (Fsp3) is 0.333. The quantitative estimate of drug-likeness (QED) is 0.589. The zero-order chi connectivity index (χ0) is 19.2. The number of amides is 1. The van der Waals surface area contributed by atoms with E-state index in [9.17, 15) is 4.79 Å². The highest BCUT2D eigenvalue weighted by Gasteiger charge is 2.14. The van der Waals surface area contributed by atoms with Crippen LogP contribution < -0.4 is 5.32 Å². The molecule has 1 amide bonds. The molecule has 0 saturated carbocycles. The van der Waals surface area contributed by atoms with Gasteiger partial charge in [-0.1, -0.05) is 23.8 Å². The molecule has 142 valence electrons. The minimum Gasteiger partial charge on any atom is -0.376 e. The summed E-state index contributed by atoms with van der Waals surface area (Å²) in [5.41, 5.74) is 4.01. The molecule has 27 heavy (non-hydrogen) atoms. The molecule has 6 heteroatoms. The second-order valence-corrected chi connectivity index (χ2v) is 6.75. The molecule has 0 radical (unpaired) electrons. The molecule has 3 rings (SSSR count). The molecule has 0 unspecified atom stereocenters. The third-order valence-corrected chi connectivity index (χ3v) is 4.07. The van der Waals surface area contributed by atoms with Crippen LogP contribution in [0.4, 0.5) is 5.69 Å². The van der Waals surface area contributed by atoms with E-state index in [0.29, 0.717) is 31.2 Å². The van der Waals surface area contributed by atoms with Crippen LogP contribution in [0.2, 0.25) is 0 Å². The van der Waals surface area contributed by atoms with Gasteiger partial charge in [0.25, 0.3) is 5.91 Å². The number of hydrogen-bond donors (Lipinski definition) is 2. The van der Waals surface area contributed by atoms with Crippen LogP contribution in [0, 0.1) is 6.92 Å². The maximum absolute atomic E-state index is 12.6. The number of ether oxygens (including phenoxy) is 2. The van der Waals surface area contributed by atoms with Gasteiger partial charge in [0.15, 0.2) is 5.69 Å². The highest BCUT2D eigenvalue weighted by Crippen LogP contribution is 2.19. The van der Waals surface area contributed by atoms with Crippen molar-refractivity contribution in [2.75, 3.05) is 18.5 Å². The number of fused-ring (bicyclic) bond motifs is 1. The third-order valence-electron chi connectivity index (χ3n) is 4.07. The number of aromatic nitrogens is 2. The predicted molar refractivity (Wildman–Crippen MR) is 106 cm³/mol. The Morgan fingerprint density at radius 3 is 2.85 bits per heavy atom. The van der Waals surface area contributed by atoms with Gasteiger partial charge in [-0.05, 0) is 50.6 Å². The molecule has 2 N–H and O–H groups in total. The smallest absolute Gasteiger partial charge is 0.276 e. The maximum Gasteiger partial charge on any atom is 0.276 e. The van der Waals surface area contributed by atoms with E-state index in [-0.39, 0.29) is 12.0 Å². The van der Waals surface area contributed by atoms with Crippen molar-refractivity contribution in [1.29, 1.82) is 0 Å². The summed E-state index contributed by atoms with van der Waals surface area (Å²) in [6.07, 6.45) is 0.203. The Morgan fingerprint density at radius 1 is 1.19 bits per heavy atom. The van der Waals surface area contributed by atoms with Crippen molar-refractivity contribution in [3.63, 3.8) is 0 Å². The van der Waals surface area contributed by atoms with Crippen molar-refractivity contribution >= 4 is 22.5 Å². The number of aromatic amines is 1. The van der Waals surface area contributed by atoms with Gasteiger partial charge in [0, 0.05) is 11.1 Å². The van der Waals surface area contributed by atoms with E-state index in [4.69, 9.17) is 9.47 Å². The van der Waals surface area contributed by atoms with Crippen LogP contribution in [0.5, 0.6) is 0 Å². The van der Waals surface area contributed by atoms with E-state index in [1.807, 2.05) is 63.2 Å². The minimum atomic E-state index is -0.241. The normalized spacial score (nSPS) is 11.3. The lowest BCUT2D eigenvalue weighted by Crippen LogP contribution is -2.13. The van der Waals surface area contributed by atoms with Gasteiger partial charge in [-0.25, -0.2) is 0 Å². The van der Waals surface area contributed by atoms with Gasteiger partial charge in [-0.2, -0.15) is 5.10 Å². The van der Waals surface area contributed by atoms with Gasteiger partial charge in [0.1, 0.15) is 0 Å². The Hall–Kier alpha value is -2.70. The van der Waals surface area contributed by atoms with Gasteiger partial charge in [-0.15, -0.1) is 0 Å². The fourth-order valence-corrected chi connectivity index (χ4v) is 2.76. The topological polar surface area (TPSA) is 76.2 Å². The Morgan fingerprint density at radius 2 is 2.04 bits per heavy atom. The zero-order valence-electron chi connectivity index (χ0n) is 15.9. The standard InChI is InChI=1S/C21H25N3O3/c1-14(2)27-10-9-26-13-16-5-4-6-17(12-16)22-21(25)20-18-11-15(3)7-8-19(18)23-24-20/h4-8,11-12,14H,9-10,13H2,1-3H3,(H,22,25)(H,23,24). The van der Waals surface area contributed by atoms with Crippen LogP contribution >= 0.6 is 0 Å². The van der Waals surface area contributed by atoms with Crippen molar-refractivity contribution in [2.24, 2.45) is 0 Å². The second-order valence-electron chi connectivity index (χ2n) is 6.75. The number of hydrogen-bond acceptors (Lipinski definition) is 4. The average molecular weight is 367 g/mol. The summed E-state index contributed by atoms with van der Waals surface area (Å²) in [5, 5.41) is 10.8. The lowest BCUT2D eigenvalue weighted by atomic mass is 10.1. The van der Waals surface area contributed by atoms with Crippen LogP contribution in [0.15, 0.2) is 42.5 Å². The minimum absolute atomic E-state index is 0.203. The highest BCUT2D eigenvalue weighted by atomic mass is 16.5. The molecular weight excluding hydrogens is 342 g/mol. The van der Waals surface area contributed by atoms with Crippen molar-refractivity contribution < 1.29 is 14.3 Å². The average Bonchev–Trinajstić information content (AvgIpc) is 3.04. The van der Waals surface area contributed by atoms with E-state index in [0.717, 1.165) is 22.0 Å². The van der Waals surface area contributed by atoms with E-state index in [1.54, 1.807) is 0 Å². The second kappa shape index (κ2) is 8.79. The van der Waals surface area contributed by atoms with Gasteiger partial charge in [0.05, 0.1) is 31.4 Å². The number of nitrogens with zero attached hydrogens (tertiary/aromatic N) is 1. The van der Waals surface area contributed by atoms with Crippen LogP contribution in [-0.4, -0.2) is 35.4 Å². The SMILES string of the molecule is Cc1ccc2[nH]nc(C(=O)Nc3cccc(COCCOC(C)C)c3)c2c1. The van der Waals surface area contributed by atoms with Crippen LogP contribution in [0.3, 0.4) is 0 Å². The third kappa shape index (κ3) is 5.15. The summed E-state index contributed by atoms with van der Waals surface area (Å²) in [7, 11) is 0. The molecule has 3 aromatic rings. The Balaban J connectivity index is 1.61. The summed E-state index contributed by atoms with van der Waals surface area (Å²) in [6, 6.07) is 13.5.